The zero-order valence-electron chi connectivity index (χ0n) is 17.4. The summed E-state index contributed by atoms with van der Waals surface area (Å²) in [5.41, 5.74) is 4.80. The van der Waals surface area contributed by atoms with E-state index in [1.165, 1.54) is 24.3 Å². The summed E-state index contributed by atoms with van der Waals surface area (Å²) in [6, 6.07) is 20.1. The monoisotopic (exact) mass is 453 g/mol. The molecule has 3 aromatic rings. The van der Waals surface area contributed by atoms with Crippen LogP contribution in [-0.2, 0) is 16.0 Å². The number of fused-ring (bicyclic) bond motifs is 3. The van der Waals surface area contributed by atoms with E-state index in [2.05, 4.69) is 10.1 Å². The van der Waals surface area contributed by atoms with Gasteiger partial charge in [0.05, 0.1) is 0 Å². The molecule has 8 heteroatoms. The molecule has 0 aromatic heterocycles. The number of carbonyl (C=O) groups is 2. The minimum absolute atomic E-state index is 0.0369. The molecule has 2 N–H and O–H groups in total. The molecule has 0 saturated heterocycles. The number of carbonyl (C=O) groups excluding carboxylic acids is 1. The second-order valence-corrected chi connectivity index (χ2v) is 7.59. The number of hydrogen-bond acceptors (Lipinski definition) is 4. The van der Waals surface area contributed by atoms with Crippen molar-refractivity contribution in [3.8, 4) is 16.9 Å². The molecule has 1 unspecified atom stereocenters. The number of amides is 1. The van der Waals surface area contributed by atoms with Crippen LogP contribution in [0.1, 0.15) is 22.6 Å². The largest absolute Gasteiger partial charge is 0.480 e. The first-order chi connectivity index (χ1) is 15.9. The number of nitrogens with one attached hydrogen (secondary N) is 1. The topological polar surface area (TPSA) is 84.9 Å². The summed E-state index contributed by atoms with van der Waals surface area (Å²) >= 11 is 0. The van der Waals surface area contributed by atoms with Gasteiger partial charge in [-0.3, -0.25) is 0 Å². The highest BCUT2D eigenvalue weighted by molar-refractivity contribution is 5.81. The lowest BCUT2D eigenvalue weighted by atomic mass is 9.98. The van der Waals surface area contributed by atoms with E-state index in [4.69, 9.17) is 4.74 Å². The Balaban J connectivity index is 1.39. The highest BCUT2D eigenvalue weighted by atomic mass is 19.3. The van der Waals surface area contributed by atoms with E-state index in [0.29, 0.717) is 5.56 Å². The van der Waals surface area contributed by atoms with Crippen molar-refractivity contribution >= 4 is 12.1 Å². The molecule has 0 aliphatic heterocycles. The Hall–Kier alpha value is -3.94. The number of hydrogen-bond donors (Lipinski definition) is 2. The molecule has 0 fully saturated rings. The maximum Gasteiger partial charge on any atom is 0.407 e. The van der Waals surface area contributed by atoms with Gasteiger partial charge < -0.3 is 19.9 Å². The first kappa shape index (κ1) is 22.3. The van der Waals surface area contributed by atoms with Gasteiger partial charge >= 0.3 is 18.7 Å². The zero-order valence-corrected chi connectivity index (χ0v) is 17.4. The molecule has 0 bridgehead atoms. The molecule has 0 heterocycles. The molecule has 0 radical (unpaired) electrons. The van der Waals surface area contributed by atoms with E-state index in [1.54, 1.807) is 0 Å². The second kappa shape index (κ2) is 9.68. The third kappa shape index (κ3) is 5.11. The van der Waals surface area contributed by atoms with Crippen molar-refractivity contribution in [1.82, 2.24) is 5.32 Å². The zero-order chi connectivity index (χ0) is 23.4. The van der Waals surface area contributed by atoms with E-state index >= 15 is 0 Å². The Morgan fingerprint density at radius 1 is 0.909 bits per heavy atom. The number of ether oxygens (including phenoxy) is 2. The van der Waals surface area contributed by atoms with Gasteiger partial charge in [0.25, 0.3) is 0 Å². The molecule has 33 heavy (non-hydrogen) atoms. The summed E-state index contributed by atoms with van der Waals surface area (Å²) in [6.45, 7) is -2.89. The SMILES string of the molecule is O=C(NC(Cc1ccc(OC(F)F)cc1)C(=O)O)OCC1c2ccccc2-c2ccccc21. The summed E-state index contributed by atoms with van der Waals surface area (Å²) in [5, 5.41) is 11.9. The quantitative estimate of drug-likeness (QED) is 0.511. The van der Waals surface area contributed by atoms with E-state index in [1.807, 2.05) is 48.5 Å². The van der Waals surface area contributed by atoms with Crippen LogP contribution in [0.4, 0.5) is 13.6 Å². The molecular formula is C25H21F2NO5. The van der Waals surface area contributed by atoms with Gasteiger partial charge in [0, 0.05) is 12.3 Å². The van der Waals surface area contributed by atoms with Crippen LogP contribution in [0.5, 0.6) is 5.75 Å². The third-order valence-corrected chi connectivity index (χ3v) is 5.52. The third-order valence-electron chi connectivity index (χ3n) is 5.52. The van der Waals surface area contributed by atoms with Crippen molar-refractivity contribution in [2.24, 2.45) is 0 Å². The molecule has 1 atom stereocenters. The summed E-state index contributed by atoms with van der Waals surface area (Å²) in [4.78, 5) is 24.0. The number of halogens is 2. The predicted molar refractivity (Wildman–Crippen MR) is 116 cm³/mol. The fraction of sp³-hybridized carbons (Fsp3) is 0.200. The average Bonchev–Trinajstić information content (AvgIpc) is 3.12. The summed E-state index contributed by atoms with van der Waals surface area (Å²) in [5.74, 6) is -1.42. The average molecular weight is 453 g/mol. The lowest BCUT2D eigenvalue weighted by molar-refractivity contribution is -0.139. The van der Waals surface area contributed by atoms with Crippen LogP contribution in [0.15, 0.2) is 72.8 Å². The van der Waals surface area contributed by atoms with Crippen molar-refractivity contribution < 1.29 is 33.0 Å². The fourth-order valence-electron chi connectivity index (χ4n) is 4.03. The number of benzene rings is 3. The molecule has 1 aliphatic rings. The molecule has 0 saturated carbocycles. The molecule has 1 aliphatic carbocycles. The number of carboxylic acids is 1. The van der Waals surface area contributed by atoms with Crippen LogP contribution in [-0.4, -0.2) is 36.4 Å². The van der Waals surface area contributed by atoms with E-state index in [9.17, 15) is 23.5 Å². The van der Waals surface area contributed by atoms with Crippen LogP contribution in [0.2, 0.25) is 0 Å². The number of alkyl halides is 2. The van der Waals surface area contributed by atoms with Gasteiger partial charge in [-0.2, -0.15) is 8.78 Å². The number of aliphatic carboxylic acids is 1. The van der Waals surface area contributed by atoms with Gasteiger partial charge in [-0.05, 0) is 39.9 Å². The summed E-state index contributed by atoms with van der Waals surface area (Å²) in [6.07, 6.45) is -0.893. The molecule has 0 spiro atoms. The van der Waals surface area contributed by atoms with Crippen molar-refractivity contribution in [2.45, 2.75) is 25.0 Å². The molecule has 170 valence electrons. The van der Waals surface area contributed by atoms with Crippen LogP contribution < -0.4 is 10.1 Å². The normalized spacial score (nSPS) is 13.2. The minimum Gasteiger partial charge on any atom is -0.480 e. The first-order valence-electron chi connectivity index (χ1n) is 10.3. The Kier molecular flexibility index (Phi) is 6.53. The van der Waals surface area contributed by atoms with E-state index in [-0.39, 0.29) is 24.7 Å². The summed E-state index contributed by atoms with van der Waals surface area (Å²) in [7, 11) is 0. The number of carboxylic acid groups (broad SMARTS) is 1. The first-order valence-corrected chi connectivity index (χ1v) is 10.3. The predicted octanol–water partition coefficient (Wildman–Crippen LogP) is 4.82. The summed E-state index contributed by atoms with van der Waals surface area (Å²) < 4.78 is 34.2. The molecule has 1 amide bonds. The fourth-order valence-corrected chi connectivity index (χ4v) is 4.03. The van der Waals surface area contributed by atoms with Crippen molar-refractivity contribution in [3.05, 3.63) is 89.5 Å². The van der Waals surface area contributed by atoms with Crippen molar-refractivity contribution in [2.75, 3.05) is 6.61 Å². The Bertz CT molecular complexity index is 1100. The molecular weight excluding hydrogens is 432 g/mol. The Morgan fingerprint density at radius 2 is 1.48 bits per heavy atom. The van der Waals surface area contributed by atoms with E-state index < -0.39 is 24.7 Å². The van der Waals surface area contributed by atoms with Crippen LogP contribution >= 0.6 is 0 Å². The lowest BCUT2D eigenvalue weighted by Gasteiger charge is -2.17. The standard InChI is InChI=1S/C25H21F2NO5/c26-24(27)33-16-11-9-15(10-12-16)13-22(23(29)30)28-25(31)32-14-21-19-7-3-1-5-17(19)18-6-2-4-8-20(18)21/h1-12,21-22,24H,13-14H2,(H,28,31)(H,29,30). The Labute approximate surface area is 188 Å². The van der Waals surface area contributed by atoms with Gasteiger partial charge in [0.2, 0.25) is 0 Å². The van der Waals surface area contributed by atoms with Crippen molar-refractivity contribution in [1.29, 1.82) is 0 Å². The maximum atomic E-state index is 12.4. The van der Waals surface area contributed by atoms with Crippen LogP contribution in [0.25, 0.3) is 11.1 Å². The van der Waals surface area contributed by atoms with Gasteiger partial charge in [-0.25, -0.2) is 9.59 Å². The highest BCUT2D eigenvalue weighted by Crippen LogP contribution is 2.44. The highest BCUT2D eigenvalue weighted by Gasteiger charge is 2.29. The second-order valence-electron chi connectivity index (χ2n) is 7.59. The van der Waals surface area contributed by atoms with Gasteiger partial charge in [0.1, 0.15) is 18.4 Å². The lowest BCUT2D eigenvalue weighted by Crippen LogP contribution is -2.42. The Morgan fingerprint density at radius 3 is 2.03 bits per heavy atom. The van der Waals surface area contributed by atoms with Gasteiger partial charge in [0.15, 0.2) is 0 Å². The molecule has 6 nitrogen and oxygen atoms in total. The maximum absolute atomic E-state index is 12.4. The number of rotatable bonds is 8. The molecule has 3 aromatic carbocycles. The number of alkyl carbamates (subject to hydrolysis) is 1. The molecule has 4 rings (SSSR count). The van der Waals surface area contributed by atoms with Gasteiger partial charge in [-0.15, -0.1) is 0 Å². The van der Waals surface area contributed by atoms with Crippen LogP contribution in [0, 0.1) is 0 Å². The minimum atomic E-state index is -2.95. The van der Waals surface area contributed by atoms with Crippen molar-refractivity contribution in [3.63, 3.8) is 0 Å². The van der Waals surface area contributed by atoms with Crippen LogP contribution in [0.3, 0.4) is 0 Å². The van der Waals surface area contributed by atoms with Gasteiger partial charge in [-0.1, -0.05) is 60.7 Å². The van der Waals surface area contributed by atoms with E-state index in [0.717, 1.165) is 22.3 Å². The smallest absolute Gasteiger partial charge is 0.407 e.